The summed E-state index contributed by atoms with van der Waals surface area (Å²) in [6, 6.07) is 9.37. The maximum atomic E-state index is 13.2. The van der Waals surface area contributed by atoms with Crippen molar-refractivity contribution in [1.82, 2.24) is 5.32 Å². The molecule has 0 amide bonds. The molecule has 0 saturated carbocycles. The number of nitrogens with one attached hydrogen (secondary N) is 1. The minimum absolute atomic E-state index is 0.0930. The molecule has 5 nitrogen and oxygen atoms in total. The lowest BCUT2D eigenvalue weighted by Crippen LogP contribution is -2.43. The molecule has 162 valence electrons. The molecular formula is C25H27NO4S. The van der Waals surface area contributed by atoms with E-state index >= 15 is 0 Å². The Bertz CT molecular complexity index is 1030. The van der Waals surface area contributed by atoms with Crippen molar-refractivity contribution in [2.24, 2.45) is 11.3 Å². The molecule has 31 heavy (non-hydrogen) atoms. The molecule has 2 aliphatic rings. The summed E-state index contributed by atoms with van der Waals surface area (Å²) in [7, 11) is 1.61. The molecule has 1 aliphatic heterocycles. The number of carbonyl (C=O) groups is 2. The second-order valence-corrected chi connectivity index (χ2v) is 9.73. The highest BCUT2D eigenvalue weighted by Gasteiger charge is 2.46. The number of esters is 1. The summed E-state index contributed by atoms with van der Waals surface area (Å²) in [6.45, 7) is 8.48. The zero-order valence-electron chi connectivity index (χ0n) is 18.1. The number of rotatable bonds is 5. The van der Waals surface area contributed by atoms with Crippen molar-refractivity contribution in [3.8, 4) is 5.75 Å². The number of methoxy groups -OCH3 is 1. The van der Waals surface area contributed by atoms with Gasteiger partial charge in [0.15, 0.2) is 5.78 Å². The SMILES string of the molecule is C=C1NC2=C(C(=O)CC(C)(C)C2)C(c2ccsc2)C1C(=O)OCc1ccc(OC)cc1. The van der Waals surface area contributed by atoms with Crippen molar-refractivity contribution in [3.05, 3.63) is 75.8 Å². The number of hydrogen-bond acceptors (Lipinski definition) is 6. The molecule has 0 bridgehead atoms. The quantitative estimate of drug-likeness (QED) is 0.670. The van der Waals surface area contributed by atoms with E-state index in [1.165, 1.54) is 0 Å². The van der Waals surface area contributed by atoms with Crippen molar-refractivity contribution in [2.75, 3.05) is 7.11 Å². The van der Waals surface area contributed by atoms with Crippen LogP contribution in [0.4, 0.5) is 0 Å². The number of ketones is 1. The Morgan fingerprint density at radius 1 is 1.23 bits per heavy atom. The maximum absolute atomic E-state index is 13.2. The van der Waals surface area contributed by atoms with Gasteiger partial charge in [0.25, 0.3) is 0 Å². The Morgan fingerprint density at radius 2 is 1.97 bits per heavy atom. The third-order valence-corrected chi connectivity index (χ3v) is 6.65. The first-order valence-corrected chi connectivity index (χ1v) is 11.3. The number of Topliss-reactive ketones (excluding diaryl/α,β-unsaturated/α-hetero) is 1. The van der Waals surface area contributed by atoms with Gasteiger partial charge in [0, 0.05) is 29.3 Å². The summed E-state index contributed by atoms with van der Waals surface area (Å²) in [6.07, 6.45) is 1.22. The van der Waals surface area contributed by atoms with Gasteiger partial charge in [-0.05, 0) is 51.9 Å². The van der Waals surface area contributed by atoms with Gasteiger partial charge in [-0.1, -0.05) is 32.6 Å². The minimum atomic E-state index is -0.656. The second kappa shape index (κ2) is 8.35. The molecule has 2 unspecified atom stereocenters. The molecule has 0 spiro atoms. The van der Waals surface area contributed by atoms with Crippen molar-refractivity contribution < 1.29 is 19.1 Å². The fourth-order valence-corrected chi connectivity index (χ4v) is 5.20. The molecule has 2 aromatic rings. The number of thiophene rings is 1. The molecule has 1 aromatic carbocycles. The van der Waals surface area contributed by atoms with Gasteiger partial charge in [-0.15, -0.1) is 0 Å². The predicted octanol–water partition coefficient (Wildman–Crippen LogP) is 4.96. The van der Waals surface area contributed by atoms with E-state index in [0.717, 1.165) is 29.0 Å². The van der Waals surface area contributed by atoms with Gasteiger partial charge < -0.3 is 14.8 Å². The lowest BCUT2D eigenvalue weighted by atomic mass is 9.67. The Kier molecular flexibility index (Phi) is 5.75. The van der Waals surface area contributed by atoms with Crippen molar-refractivity contribution >= 4 is 23.1 Å². The van der Waals surface area contributed by atoms with Crippen LogP contribution in [-0.2, 0) is 20.9 Å². The largest absolute Gasteiger partial charge is 0.497 e. The summed E-state index contributed by atoms with van der Waals surface area (Å²) in [5, 5.41) is 7.27. The fraction of sp³-hybridized carbons (Fsp3) is 0.360. The lowest BCUT2D eigenvalue weighted by Gasteiger charge is -2.42. The molecular weight excluding hydrogens is 410 g/mol. The molecule has 0 fully saturated rings. The summed E-state index contributed by atoms with van der Waals surface area (Å²) >= 11 is 1.55. The third kappa shape index (κ3) is 4.30. The van der Waals surface area contributed by atoms with Gasteiger partial charge in [-0.2, -0.15) is 11.3 Å². The van der Waals surface area contributed by atoms with E-state index in [9.17, 15) is 9.59 Å². The number of benzene rings is 1. The fourth-order valence-electron chi connectivity index (χ4n) is 4.50. The van der Waals surface area contributed by atoms with E-state index in [4.69, 9.17) is 9.47 Å². The topological polar surface area (TPSA) is 64.6 Å². The first-order valence-electron chi connectivity index (χ1n) is 10.3. The standard InChI is InChI=1S/C25H27NO4S/c1-15-21(24(28)30-13-16-5-7-18(29-4)8-6-16)22(17-9-10-31-14-17)23-19(26-15)11-25(2,3)12-20(23)27/h5-10,14,21-22,26H,1,11-13H2,2-4H3. The molecule has 4 rings (SSSR count). The van der Waals surface area contributed by atoms with Crippen LogP contribution in [0.2, 0.25) is 0 Å². The monoisotopic (exact) mass is 437 g/mol. The number of allylic oxidation sites excluding steroid dienone is 2. The van der Waals surface area contributed by atoms with Crippen LogP contribution in [0.5, 0.6) is 5.75 Å². The molecule has 0 saturated heterocycles. The zero-order valence-corrected chi connectivity index (χ0v) is 18.9. The summed E-state index contributed by atoms with van der Waals surface area (Å²) in [4.78, 5) is 26.4. The maximum Gasteiger partial charge on any atom is 0.316 e. The first-order chi connectivity index (χ1) is 14.8. The van der Waals surface area contributed by atoms with Crippen molar-refractivity contribution in [1.29, 1.82) is 0 Å². The van der Waals surface area contributed by atoms with Gasteiger partial charge in [0.1, 0.15) is 18.3 Å². The Labute approximate surface area is 186 Å². The zero-order chi connectivity index (χ0) is 22.2. The van der Waals surface area contributed by atoms with Gasteiger partial charge >= 0.3 is 5.97 Å². The average Bonchev–Trinajstić information content (AvgIpc) is 3.25. The molecule has 1 aromatic heterocycles. The summed E-state index contributed by atoms with van der Waals surface area (Å²) < 4.78 is 10.9. The van der Waals surface area contributed by atoms with Gasteiger partial charge in [0.05, 0.1) is 7.11 Å². The van der Waals surface area contributed by atoms with E-state index in [1.54, 1.807) is 18.4 Å². The van der Waals surface area contributed by atoms with E-state index in [1.807, 2.05) is 41.1 Å². The van der Waals surface area contributed by atoms with Crippen LogP contribution < -0.4 is 10.1 Å². The van der Waals surface area contributed by atoms with Crippen molar-refractivity contribution in [3.63, 3.8) is 0 Å². The Hall–Kier alpha value is -2.86. The van der Waals surface area contributed by atoms with Crippen LogP contribution in [0, 0.1) is 11.3 Å². The Morgan fingerprint density at radius 3 is 2.61 bits per heavy atom. The summed E-state index contributed by atoms with van der Waals surface area (Å²) in [5.41, 5.74) is 3.88. The number of ether oxygens (including phenoxy) is 2. The molecule has 6 heteroatoms. The average molecular weight is 438 g/mol. The molecule has 2 heterocycles. The molecule has 0 radical (unpaired) electrons. The highest BCUT2D eigenvalue weighted by atomic mass is 32.1. The van der Waals surface area contributed by atoms with Gasteiger partial charge in [-0.25, -0.2) is 0 Å². The molecule has 1 N–H and O–H groups in total. The van der Waals surface area contributed by atoms with Crippen LogP contribution in [0.3, 0.4) is 0 Å². The number of carbonyl (C=O) groups excluding carboxylic acids is 2. The van der Waals surface area contributed by atoms with E-state index in [2.05, 4.69) is 25.7 Å². The smallest absolute Gasteiger partial charge is 0.316 e. The molecule has 1 aliphatic carbocycles. The van der Waals surface area contributed by atoms with Crippen LogP contribution in [0.15, 0.2) is 64.6 Å². The van der Waals surface area contributed by atoms with E-state index in [0.29, 0.717) is 17.7 Å². The third-order valence-electron chi connectivity index (χ3n) is 5.95. The second-order valence-electron chi connectivity index (χ2n) is 8.95. The van der Waals surface area contributed by atoms with E-state index < -0.39 is 5.92 Å². The van der Waals surface area contributed by atoms with Crippen molar-refractivity contribution in [2.45, 2.75) is 39.2 Å². The van der Waals surface area contributed by atoms with Gasteiger partial charge in [0.2, 0.25) is 0 Å². The van der Waals surface area contributed by atoms with Crippen LogP contribution in [0.25, 0.3) is 0 Å². The van der Waals surface area contributed by atoms with E-state index in [-0.39, 0.29) is 29.7 Å². The first kappa shape index (κ1) is 21.4. The Balaban J connectivity index is 1.63. The highest BCUT2D eigenvalue weighted by molar-refractivity contribution is 7.08. The van der Waals surface area contributed by atoms with Crippen LogP contribution in [0.1, 0.15) is 43.7 Å². The van der Waals surface area contributed by atoms with Crippen LogP contribution >= 0.6 is 11.3 Å². The predicted molar refractivity (Wildman–Crippen MR) is 121 cm³/mol. The lowest BCUT2D eigenvalue weighted by molar-refractivity contribution is -0.149. The summed E-state index contributed by atoms with van der Waals surface area (Å²) in [5.74, 6) is -0.571. The molecule has 2 atom stereocenters. The minimum Gasteiger partial charge on any atom is -0.497 e. The van der Waals surface area contributed by atoms with Crippen LogP contribution in [-0.4, -0.2) is 18.9 Å². The normalized spacial score (nSPS) is 22.5. The highest BCUT2D eigenvalue weighted by Crippen LogP contribution is 2.48. The van der Waals surface area contributed by atoms with Gasteiger partial charge in [-0.3, -0.25) is 9.59 Å². The number of hydrogen-bond donors (Lipinski definition) is 1.